The topological polar surface area (TPSA) is 35.6 Å². The number of hydrogen-bond donors (Lipinski definition) is 1. The van der Waals surface area contributed by atoms with Crippen LogP contribution in [0.2, 0.25) is 0 Å². The Hall–Kier alpha value is -0.910. The normalized spacial score (nSPS) is 22.7. The third-order valence-electron chi connectivity index (χ3n) is 5.45. The van der Waals surface area contributed by atoms with Gasteiger partial charge in [-0.2, -0.15) is 0 Å². The van der Waals surface area contributed by atoms with Crippen LogP contribution in [0.5, 0.6) is 0 Å². The molecule has 0 aromatic heterocycles. The third kappa shape index (κ3) is 4.58. The Morgan fingerprint density at radius 1 is 1.29 bits per heavy atom. The molecular weight excluding hydrogens is 366 g/mol. The Morgan fingerprint density at radius 2 is 2.04 bits per heavy atom. The Bertz CT molecular complexity index is 551. The van der Waals surface area contributed by atoms with Crippen molar-refractivity contribution in [2.45, 2.75) is 38.3 Å². The van der Waals surface area contributed by atoms with E-state index in [9.17, 15) is 4.79 Å². The lowest BCUT2D eigenvalue weighted by Gasteiger charge is -2.35. The molecule has 1 N–H and O–H groups in total. The number of carbonyl (C=O) groups is 1. The minimum Gasteiger partial charge on any atom is -0.340 e. The van der Waals surface area contributed by atoms with Crippen LogP contribution in [0.4, 0.5) is 0 Å². The number of amides is 1. The molecule has 1 amide bonds. The molecule has 132 valence electrons. The molecule has 2 heterocycles. The van der Waals surface area contributed by atoms with Gasteiger partial charge in [0, 0.05) is 24.1 Å². The highest BCUT2D eigenvalue weighted by molar-refractivity contribution is 9.10. The zero-order valence-corrected chi connectivity index (χ0v) is 16.1. The van der Waals surface area contributed by atoms with Crippen molar-refractivity contribution in [3.8, 4) is 0 Å². The lowest BCUT2D eigenvalue weighted by atomic mass is 9.88. The molecule has 5 heteroatoms. The number of rotatable bonds is 5. The summed E-state index contributed by atoms with van der Waals surface area (Å²) >= 11 is 3.56. The average molecular weight is 394 g/mol. The molecule has 2 aliphatic heterocycles. The summed E-state index contributed by atoms with van der Waals surface area (Å²) in [4.78, 5) is 16.7. The van der Waals surface area contributed by atoms with Crippen LogP contribution >= 0.6 is 15.9 Å². The maximum absolute atomic E-state index is 12.5. The van der Waals surface area contributed by atoms with Gasteiger partial charge in [0.15, 0.2) is 0 Å². The van der Waals surface area contributed by atoms with E-state index >= 15 is 0 Å². The van der Waals surface area contributed by atoms with Gasteiger partial charge in [0.25, 0.3) is 0 Å². The van der Waals surface area contributed by atoms with Crippen LogP contribution in [-0.2, 0) is 11.3 Å². The van der Waals surface area contributed by atoms with Crippen LogP contribution in [0.15, 0.2) is 28.7 Å². The number of piperidine rings is 1. The van der Waals surface area contributed by atoms with Gasteiger partial charge in [0.1, 0.15) is 0 Å². The van der Waals surface area contributed by atoms with Gasteiger partial charge < -0.3 is 10.2 Å². The first-order chi connectivity index (χ1) is 11.6. The second-order valence-electron chi connectivity index (χ2n) is 7.16. The van der Waals surface area contributed by atoms with Crippen LogP contribution in [0.3, 0.4) is 0 Å². The van der Waals surface area contributed by atoms with E-state index in [1.807, 2.05) is 30.1 Å². The predicted molar refractivity (Wildman–Crippen MR) is 101 cm³/mol. The first-order valence-electron chi connectivity index (χ1n) is 9.06. The van der Waals surface area contributed by atoms with Crippen molar-refractivity contribution < 1.29 is 4.79 Å². The van der Waals surface area contributed by atoms with Crippen molar-refractivity contribution in [2.24, 2.45) is 5.92 Å². The van der Waals surface area contributed by atoms with Gasteiger partial charge in [0.05, 0.1) is 6.54 Å². The first-order valence-corrected chi connectivity index (χ1v) is 9.86. The molecule has 1 atom stereocenters. The molecular formula is C19H28BrN3O. The highest BCUT2D eigenvalue weighted by atomic mass is 79.9. The molecule has 1 aromatic carbocycles. The molecule has 0 bridgehead atoms. The Balaban J connectivity index is 1.44. The zero-order valence-electron chi connectivity index (χ0n) is 14.5. The first kappa shape index (κ1) is 17.9. The Kier molecular flexibility index (Phi) is 6.31. The zero-order chi connectivity index (χ0) is 16.9. The summed E-state index contributed by atoms with van der Waals surface area (Å²) in [6.45, 7) is 4.49. The summed E-state index contributed by atoms with van der Waals surface area (Å²) in [5.41, 5.74) is 1.15. The quantitative estimate of drug-likeness (QED) is 0.834. The molecule has 0 radical (unpaired) electrons. The number of halogens is 1. The van der Waals surface area contributed by atoms with Crippen molar-refractivity contribution in [1.29, 1.82) is 0 Å². The minimum absolute atomic E-state index is 0.211. The molecule has 0 aliphatic carbocycles. The second kappa shape index (κ2) is 8.45. The van der Waals surface area contributed by atoms with E-state index < -0.39 is 0 Å². The summed E-state index contributed by atoms with van der Waals surface area (Å²) in [5.74, 6) is 1.01. The molecule has 2 aliphatic rings. The fraction of sp³-hybridized carbons (Fsp3) is 0.632. The summed E-state index contributed by atoms with van der Waals surface area (Å²) in [7, 11) is 1.90. The van der Waals surface area contributed by atoms with Crippen LogP contribution in [-0.4, -0.2) is 55.0 Å². The molecule has 2 saturated heterocycles. The van der Waals surface area contributed by atoms with E-state index in [0.29, 0.717) is 13.1 Å². The fourth-order valence-corrected chi connectivity index (χ4v) is 4.32. The molecule has 4 nitrogen and oxygen atoms in total. The van der Waals surface area contributed by atoms with E-state index in [4.69, 9.17) is 0 Å². The van der Waals surface area contributed by atoms with Gasteiger partial charge in [-0.25, -0.2) is 0 Å². The highest BCUT2D eigenvalue weighted by Crippen LogP contribution is 2.25. The number of likely N-dealkylation sites (N-methyl/N-ethyl adjacent to an activating group) is 1. The SMILES string of the molecule is CN(Cc1ccccc1Br)C(=O)CN1CCC(C2CCCN2)CC1. The standard InChI is InChI=1S/C19H28BrN3O/c1-22(13-16-5-2-3-6-17(16)20)19(24)14-23-11-8-15(9-12-23)18-7-4-10-21-18/h2-3,5-6,15,18,21H,4,7-14H2,1H3. The van der Waals surface area contributed by atoms with Crippen molar-refractivity contribution in [2.75, 3.05) is 33.2 Å². The molecule has 2 fully saturated rings. The fourth-order valence-electron chi connectivity index (χ4n) is 3.91. The lowest BCUT2D eigenvalue weighted by Crippen LogP contribution is -2.45. The van der Waals surface area contributed by atoms with Gasteiger partial charge in [0.2, 0.25) is 5.91 Å². The number of nitrogens with one attached hydrogen (secondary N) is 1. The monoisotopic (exact) mass is 393 g/mol. The van der Waals surface area contributed by atoms with Crippen molar-refractivity contribution in [3.63, 3.8) is 0 Å². The summed E-state index contributed by atoms with van der Waals surface area (Å²) in [6.07, 6.45) is 5.10. The number of likely N-dealkylation sites (tertiary alicyclic amines) is 1. The Labute approximate surface area is 153 Å². The summed E-state index contributed by atoms with van der Waals surface area (Å²) < 4.78 is 1.06. The van der Waals surface area contributed by atoms with Gasteiger partial charge in [-0.05, 0) is 62.9 Å². The number of nitrogens with zero attached hydrogens (tertiary/aromatic N) is 2. The van der Waals surface area contributed by atoms with Gasteiger partial charge in [-0.1, -0.05) is 34.1 Å². The molecule has 0 saturated carbocycles. The lowest BCUT2D eigenvalue weighted by molar-refractivity contribution is -0.132. The van der Waals surface area contributed by atoms with Gasteiger partial charge in [-0.15, -0.1) is 0 Å². The molecule has 1 aromatic rings. The molecule has 24 heavy (non-hydrogen) atoms. The third-order valence-corrected chi connectivity index (χ3v) is 6.22. The van der Waals surface area contributed by atoms with Crippen molar-refractivity contribution in [1.82, 2.24) is 15.1 Å². The average Bonchev–Trinajstić information content (AvgIpc) is 3.12. The maximum atomic E-state index is 12.5. The van der Waals surface area contributed by atoms with E-state index in [0.717, 1.165) is 35.1 Å². The van der Waals surface area contributed by atoms with E-state index in [2.05, 4.69) is 32.2 Å². The van der Waals surface area contributed by atoms with Crippen LogP contribution < -0.4 is 5.32 Å². The summed E-state index contributed by atoms with van der Waals surface area (Å²) in [6, 6.07) is 8.82. The smallest absolute Gasteiger partial charge is 0.236 e. The second-order valence-corrected chi connectivity index (χ2v) is 8.01. The van der Waals surface area contributed by atoms with E-state index in [-0.39, 0.29) is 5.91 Å². The number of hydrogen-bond acceptors (Lipinski definition) is 3. The summed E-state index contributed by atoms with van der Waals surface area (Å²) in [5, 5.41) is 3.63. The number of carbonyl (C=O) groups excluding carboxylic acids is 1. The van der Waals surface area contributed by atoms with Crippen molar-refractivity contribution >= 4 is 21.8 Å². The van der Waals surface area contributed by atoms with E-state index in [1.54, 1.807) is 0 Å². The minimum atomic E-state index is 0.211. The molecule has 3 rings (SSSR count). The van der Waals surface area contributed by atoms with Crippen LogP contribution in [0, 0.1) is 5.92 Å². The largest absolute Gasteiger partial charge is 0.340 e. The van der Waals surface area contributed by atoms with E-state index in [1.165, 1.54) is 32.2 Å². The van der Waals surface area contributed by atoms with Crippen molar-refractivity contribution in [3.05, 3.63) is 34.3 Å². The highest BCUT2D eigenvalue weighted by Gasteiger charge is 2.29. The Morgan fingerprint density at radius 3 is 2.71 bits per heavy atom. The van der Waals surface area contributed by atoms with Crippen LogP contribution in [0.25, 0.3) is 0 Å². The molecule has 0 spiro atoms. The van der Waals surface area contributed by atoms with Gasteiger partial charge in [-0.3, -0.25) is 9.69 Å². The molecule has 1 unspecified atom stereocenters. The number of benzene rings is 1. The van der Waals surface area contributed by atoms with Crippen LogP contribution in [0.1, 0.15) is 31.2 Å². The maximum Gasteiger partial charge on any atom is 0.236 e. The van der Waals surface area contributed by atoms with Gasteiger partial charge >= 0.3 is 0 Å². The predicted octanol–water partition coefficient (Wildman–Crippen LogP) is 2.87.